The normalized spacial score (nSPS) is 11.8. The summed E-state index contributed by atoms with van der Waals surface area (Å²) in [6.07, 6.45) is 0. The molecule has 0 amide bonds. The first-order valence-corrected chi connectivity index (χ1v) is 12.1. The Morgan fingerprint density at radius 2 is 1.06 bits per heavy atom. The second-order valence-corrected chi connectivity index (χ2v) is 9.12. The van der Waals surface area contributed by atoms with E-state index in [0.717, 1.165) is 6.54 Å². The molecule has 5 aromatic carbocycles. The highest BCUT2D eigenvalue weighted by Gasteiger charge is 2.20. The third-order valence-electron chi connectivity index (χ3n) is 7.25. The van der Waals surface area contributed by atoms with Crippen LogP contribution in [0.5, 0.6) is 0 Å². The van der Waals surface area contributed by atoms with Gasteiger partial charge in [-0.2, -0.15) is 0 Å². The lowest BCUT2D eigenvalue weighted by Gasteiger charge is -2.14. The molecule has 0 saturated heterocycles. The summed E-state index contributed by atoms with van der Waals surface area (Å²) < 4.78 is 4.91. The maximum Gasteiger partial charge on any atom is 0.0785 e. The average Bonchev–Trinajstić information content (AvgIpc) is 3.42. The number of fused-ring (bicyclic) bond motifs is 7. The summed E-state index contributed by atoms with van der Waals surface area (Å²) in [7, 11) is 0. The smallest absolute Gasteiger partial charge is 0.0785 e. The van der Waals surface area contributed by atoms with Gasteiger partial charge in [0.25, 0.3) is 0 Å². The zero-order valence-corrected chi connectivity index (χ0v) is 19.4. The van der Waals surface area contributed by atoms with Crippen LogP contribution >= 0.6 is 0 Å². The van der Waals surface area contributed by atoms with Crippen molar-refractivity contribution in [1.82, 2.24) is 9.13 Å². The molecule has 3 heteroatoms. The lowest BCUT2D eigenvalue weighted by molar-refractivity contribution is 0.848. The summed E-state index contributed by atoms with van der Waals surface area (Å²) in [5, 5.41) is 5.10. The molecule has 0 unspecified atom stereocenters. The van der Waals surface area contributed by atoms with E-state index in [4.69, 9.17) is 5.73 Å². The molecule has 168 valence electrons. The molecule has 2 aromatic heterocycles. The van der Waals surface area contributed by atoms with Crippen molar-refractivity contribution in [2.75, 3.05) is 0 Å². The topological polar surface area (TPSA) is 35.9 Å². The molecule has 0 spiro atoms. The highest BCUT2D eigenvalue weighted by molar-refractivity contribution is 6.23. The van der Waals surface area contributed by atoms with E-state index in [0.29, 0.717) is 6.54 Å². The van der Waals surface area contributed by atoms with Gasteiger partial charge in [-0.3, -0.25) is 0 Å². The Kier molecular flexibility index (Phi) is 4.51. The number of rotatable bonds is 4. The Hall–Kier alpha value is -4.34. The molecule has 0 aliphatic rings. The van der Waals surface area contributed by atoms with Gasteiger partial charge >= 0.3 is 0 Å². The van der Waals surface area contributed by atoms with Gasteiger partial charge in [-0.15, -0.1) is 0 Å². The van der Waals surface area contributed by atoms with Crippen molar-refractivity contribution in [3.8, 4) is 5.69 Å². The SMILES string of the molecule is NCc1ccccc1Cn1c2ccccc2c2ccc3c4ccccc4n(-c4ccccc4)c3c21. The van der Waals surface area contributed by atoms with E-state index in [-0.39, 0.29) is 0 Å². The zero-order chi connectivity index (χ0) is 23.4. The Balaban J connectivity index is 1.68. The quantitative estimate of drug-likeness (QED) is 0.297. The van der Waals surface area contributed by atoms with Crippen LogP contribution < -0.4 is 5.73 Å². The molecule has 0 aliphatic heterocycles. The summed E-state index contributed by atoms with van der Waals surface area (Å²) in [6.45, 7) is 1.31. The van der Waals surface area contributed by atoms with Crippen LogP contribution in [0.3, 0.4) is 0 Å². The van der Waals surface area contributed by atoms with Crippen molar-refractivity contribution in [1.29, 1.82) is 0 Å². The maximum atomic E-state index is 6.13. The van der Waals surface area contributed by atoms with Crippen LogP contribution in [0.15, 0.2) is 115 Å². The van der Waals surface area contributed by atoms with E-state index < -0.39 is 0 Å². The molecule has 7 rings (SSSR count). The first-order valence-electron chi connectivity index (χ1n) is 12.1. The highest BCUT2D eigenvalue weighted by atomic mass is 15.0. The van der Waals surface area contributed by atoms with Crippen molar-refractivity contribution in [3.63, 3.8) is 0 Å². The van der Waals surface area contributed by atoms with E-state index in [9.17, 15) is 0 Å². The summed E-state index contributed by atoms with van der Waals surface area (Å²) in [5.74, 6) is 0. The molecule has 0 aliphatic carbocycles. The minimum Gasteiger partial charge on any atom is -0.334 e. The second kappa shape index (κ2) is 7.86. The molecule has 0 radical (unpaired) electrons. The van der Waals surface area contributed by atoms with E-state index in [2.05, 4.69) is 124 Å². The van der Waals surface area contributed by atoms with Crippen LogP contribution in [0, 0.1) is 0 Å². The lowest BCUT2D eigenvalue weighted by Crippen LogP contribution is -2.07. The van der Waals surface area contributed by atoms with Crippen molar-refractivity contribution in [3.05, 3.63) is 126 Å². The van der Waals surface area contributed by atoms with Gasteiger partial charge in [-0.05, 0) is 35.4 Å². The Morgan fingerprint density at radius 1 is 0.486 bits per heavy atom. The number of nitrogens with zero attached hydrogens (tertiary/aromatic N) is 2. The highest BCUT2D eigenvalue weighted by Crippen LogP contribution is 2.40. The molecule has 35 heavy (non-hydrogen) atoms. The Labute approximate surface area is 203 Å². The number of aromatic nitrogens is 2. The van der Waals surface area contributed by atoms with E-state index in [1.165, 1.54) is 60.4 Å². The number of hydrogen-bond acceptors (Lipinski definition) is 1. The molecule has 2 N–H and O–H groups in total. The van der Waals surface area contributed by atoms with Gasteiger partial charge in [0.1, 0.15) is 0 Å². The van der Waals surface area contributed by atoms with Crippen LogP contribution in [0.25, 0.3) is 49.3 Å². The average molecular weight is 452 g/mol. The number of nitrogens with two attached hydrogens (primary N) is 1. The van der Waals surface area contributed by atoms with Crippen molar-refractivity contribution in [2.24, 2.45) is 5.73 Å². The van der Waals surface area contributed by atoms with Gasteiger partial charge in [-0.25, -0.2) is 0 Å². The third-order valence-corrected chi connectivity index (χ3v) is 7.25. The summed E-state index contributed by atoms with van der Waals surface area (Å²) in [6, 6.07) is 41.3. The van der Waals surface area contributed by atoms with E-state index in [1.807, 2.05) is 0 Å². The van der Waals surface area contributed by atoms with Gasteiger partial charge < -0.3 is 14.9 Å². The fourth-order valence-electron chi connectivity index (χ4n) is 5.68. The van der Waals surface area contributed by atoms with Gasteiger partial charge in [0.05, 0.1) is 16.6 Å². The minimum atomic E-state index is 0.535. The zero-order valence-electron chi connectivity index (χ0n) is 19.4. The lowest BCUT2D eigenvalue weighted by atomic mass is 10.1. The fraction of sp³-hybridized carbons (Fsp3) is 0.0625. The third kappa shape index (κ3) is 2.95. The first-order chi connectivity index (χ1) is 17.3. The van der Waals surface area contributed by atoms with E-state index >= 15 is 0 Å². The molecule has 0 bridgehead atoms. The molecule has 2 heterocycles. The van der Waals surface area contributed by atoms with Crippen molar-refractivity contribution in [2.45, 2.75) is 13.1 Å². The minimum absolute atomic E-state index is 0.535. The van der Waals surface area contributed by atoms with Crippen LogP contribution in [-0.4, -0.2) is 9.13 Å². The van der Waals surface area contributed by atoms with Gasteiger partial charge in [-0.1, -0.05) is 91.0 Å². The van der Waals surface area contributed by atoms with Crippen LogP contribution in [-0.2, 0) is 13.1 Å². The number of hydrogen-bond donors (Lipinski definition) is 1. The van der Waals surface area contributed by atoms with Crippen LogP contribution in [0.4, 0.5) is 0 Å². The molecular formula is C32H25N3. The summed E-state index contributed by atoms with van der Waals surface area (Å²) in [5.41, 5.74) is 14.7. The standard InChI is InChI=1S/C32H25N3/c33-20-22-10-4-5-11-23(22)21-34-29-16-8-6-14-25(29)27-18-19-28-26-15-7-9-17-30(26)35(32(28)31(27)34)24-12-2-1-3-13-24/h1-19H,20-21,33H2. The molecule has 0 atom stereocenters. The van der Waals surface area contributed by atoms with Crippen LogP contribution in [0.1, 0.15) is 11.1 Å². The summed E-state index contributed by atoms with van der Waals surface area (Å²) >= 11 is 0. The van der Waals surface area contributed by atoms with Crippen LogP contribution in [0.2, 0.25) is 0 Å². The summed E-state index contributed by atoms with van der Waals surface area (Å²) in [4.78, 5) is 0. The van der Waals surface area contributed by atoms with Gasteiger partial charge in [0.2, 0.25) is 0 Å². The monoisotopic (exact) mass is 451 g/mol. The molecule has 7 aromatic rings. The second-order valence-electron chi connectivity index (χ2n) is 9.12. The van der Waals surface area contributed by atoms with Crippen molar-refractivity contribution < 1.29 is 0 Å². The largest absolute Gasteiger partial charge is 0.334 e. The molecule has 0 saturated carbocycles. The fourth-order valence-corrected chi connectivity index (χ4v) is 5.68. The maximum absolute atomic E-state index is 6.13. The van der Waals surface area contributed by atoms with E-state index in [1.54, 1.807) is 0 Å². The van der Waals surface area contributed by atoms with Crippen molar-refractivity contribution >= 4 is 43.6 Å². The predicted octanol–water partition coefficient (Wildman–Crippen LogP) is 7.40. The Bertz CT molecular complexity index is 1860. The van der Waals surface area contributed by atoms with Gasteiger partial charge in [0, 0.05) is 45.8 Å². The number of para-hydroxylation sites is 3. The Morgan fingerprint density at radius 3 is 1.80 bits per heavy atom. The number of benzene rings is 5. The molecular weight excluding hydrogens is 426 g/mol. The molecule has 0 fully saturated rings. The van der Waals surface area contributed by atoms with Gasteiger partial charge in [0.15, 0.2) is 0 Å². The first kappa shape index (κ1) is 20.1. The predicted molar refractivity (Wildman–Crippen MR) is 147 cm³/mol. The molecule has 3 nitrogen and oxygen atoms in total.